The quantitative estimate of drug-likeness (QED) is 0.902. The second kappa shape index (κ2) is 4.80. The second-order valence-electron chi connectivity index (χ2n) is 5.11. The molecule has 1 aromatic heterocycles. The highest BCUT2D eigenvalue weighted by molar-refractivity contribution is 5.61. The molecular weight excluding hydrogens is 226 g/mol. The fourth-order valence-electron chi connectivity index (χ4n) is 1.85. The summed E-state index contributed by atoms with van der Waals surface area (Å²) >= 11 is 0. The van der Waals surface area contributed by atoms with E-state index in [1.165, 1.54) is 0 Å². The molecule has 4 heteroatoms. The highest BCUT2D eigenvalue weighted by Crippen LogP contribution is 2.29. The smallest absolute Gasteiger partial charge is 0.119 e. The fourth-order valence-corrected chi connectivity index (χ4v) is 1.85. The third-order valence-electron chi connectivity index (χ3n) is 2.99. The molecule has 0 radical (unpaired) electrons. The molecule has 0 atom stereocenters. The van der Waals surface area contributed by atoms with Crippen LogP contribution < -0.4 is 0 Å². The van der Waals surface area contributed by atoms with E-state index in [1.54, 1.807) is 6.07 Å². The van der Waals surface area contributed by atoms with Crippen LogP contribution in [0.15, 0.2) is 24.4 Å². The van der Waals surface area contributed by atoms with Crippen molar-refractivity contribution in [2.75, 3.05) is 0 Å². The van der Waals surface area contributed by atoms with Gasteiger partial charge in [-0.15, -0.1) is 5.10 Å². The number of phenols is 1. The molecule has 0 unspecified atom stereocenters. The standard InChI is InChI=1S/C14H19N3O/c1-9(2)12-6-5-11(7-14(12)18)13-8-17(10(3)4)16-15-13/h5-10,18H,1-4H3. The number of rotatable bonds is 3. The largest absolute Gasteiger partial charge is 0.508 e. The van der Waals surface area contributed by atoms with Gasteiger partial charge in [0.05, 0.1) is 6.20 Å². The molecule has 0 bridgehead atoms. The highest BCUT2D eigenvalue weighted by Gasteiger charge is 2.10. The summed E-state index contributed by atoms with van der Waals surface area (Å²) in [7, 11) is 0. The number of benzene rings is 1. The molecule has 18 heavy (non-hydrogen) atoms. The minimum Gasteiger partial charge on any atom is -0.508 e. The molecule has 4 nitrogen and oxygen atoms in total. The summed E-state index contributed by atoms with van der Waals surface area (Å²) in [5, 5.41) is 18.2. The lowest BCUT2D eigenvalue weighted by Gasteiger charge is -2.08. The van der Waals surface area contributed by atoms with Crippen LogP contribution in [0.4, 0.5) is 0 Å². The SMILES string of the molecule is CC(C)c1ccc(-c2cn(C(C)C)nn2)cc1O. The zero-order valence-corrected chi connectivity index (χ0v) is 11.3. The molecule has 96 valence electrons. The van der Waals surface area contributed by atoms with Gasteiger partial charge < -0.3 is 5.11 Å². The number of aromatic nitrogens is 3. The van der Waals surface area contributed by atoms with Crippen LogP contribution in [0.5, 0.6) is 5.75 Å². The van der Waals surface area contributed by atoms with Crippen LogP contribution in [0.3, 0.4) is 0 Å². The van der Waals surface area contributed by atoms with Crippen LogP contribution in [0.1, 0.15) is 45.2 Å². The Labute approximate surface area is 107 Å². The van der Waals surface area contributed by atoms with Gasteiger partial charge in [-0.1, -0.05) is 31.2 Å². The van der Waals surface area contributed by atoms with Gasteiger partial charge >= 0.3 is 0 Å². The molecule has 0 aliphatic carbocycles. The van der Waals surface area contributed by atoms with Gasteiger partial charge in [-0.2, -0.15) is 0 Å². The minimum absolute atomic E-state index is 0.287. The first-order valence-electron chi connectivity index (χ1n) is 6.24. The van der Waals surface area contributed by atoms with E-state index in [0.29, 0.717) is 11.7 Å². The van der Waals surface area contributed by atoms with E-state index in [0.717, 1.165) is 16.8 Å². The first-order chi connectivity index (χ1) is 8.49. The fraction of sp³-hybridized carbons (Fsp3) is 0.429. The van der Waals surface area contributed by atoms with E-state index in [2.05, 4.69) is 38.0 Å². The van der Waals surface area contributed by atoms with Gasteiger partial charge in [0.2, 0.25) is 0 Å². The van der Waals surface area contributed by atoms with Crippen LogP contribution in [-0.4, -0.2) is 20.1 Å². The molecule has 2 aromatic rings. The van der Waals surface area contributed by atoms with E-state index in [1.807, 2.05) is 23.0 Å². The second-order valence-corrected chi connectivity index (χ2v) is 5.11. The lowest BCUT2D eigenvalue weighted by atomic mass is 9.99. The highest BCUT2D eigenvalue weighted by atomic mass is 16.3. The Morgan fingerprint density at radius 2 is 1.89 bits per heavy atom. The zero-order valence-electron chi connectivity index (χ0n) is 11.3. The van der Waals surface area contributed by atoms with Gasteiger partial charge in [-0.05, 0) is 31.4 Å². The summed E-state index contributed by atoms with van der Waals surface area (Å²) in [5.74, 6) is 0.631. The normalized spacial score (nSPS) is 11.4. The van der Waals surface area contributed by atoms with Crippen molar-refractivity contribution in [3.05, 3.63) is 30.0 Å². The van der Waals surface area contributed by atoms with Crippen LogP contribution in [0.25, 0.3) is 11.3 Å². The number of phenolic OH excluding ortho intramolecular Hbond substituents is 1. The lowest BCUT2D eigenvalue weighted by molar-refractivity contribution is 0.465. The third kappa shape index (κ3) is 2.37. The minimum atomic E-state index is 0.287. The molecule has 0 saturated carbocycles. The molecule has 0 amide bonds. The summed E-state index contributed by atoms with van der Waals surface area (Å²) in [6, 6.07) is 5.96. The maximum absolute atomic E-state index is 9.98. The van der Waals surface area contributed by atoms with E-state index in [4.69, 9.17) is 0 Å². The first-order valence-corrected chi connectivity index (χ1v) is 6.24. The maximum Gasteiger partial charge on any atom is 0.119 e. The van der Waals surface area contributed by atoms with Gasteiger partial charge in [-0.3, -0.25) is 0 Å². The van der Waals surface area contributed by atoms with Gasteiger partial charge in [0.25, 0.3) is 0 Å². The summed E-state index contributed by atoms with van der Waals surface area (Å²) in [6.07, 6.45) is 1.90. The Morgan fingerprint density at radius 1 is 1.17 bits per heavy atom. The Kier molecular flexibility index (Phi) is 3.36. The molecule has 0 spiro atoms. The molecule has 0 aliphatic heterocycles. The Bertz CT molecular complexity index is 544. The molecule has 0 fully saturated rings. The molecule has 1 aromatic carbocycles. The van der Waals surface area contributed by atoms with Crippen molar-refractivity contribution < 1.29 is 5.11 Å². The predicted octanol–water partition coefficient (Wildman–Crippen LogP) is 3.36. The number of aromatic hydroxyl groups is 1. The topological polar surface area (TPSA) is 50.9 Å². The average molecular weight is 245 g/mol. The van der Waals surface area contributed by atoms with Crippen molar-refractivity contribution in [2.24, 2.45) is 0 Å². The molecule has 0 saturated heterocycles. The maximum atomic E-state index is 9.98. The number of nitrogens with zero attached hydrogens (tertiary/aromatic N) is 3. The summed E-state index contributed by atoms with van der Waals surface area (Å²) in [5.41, 5.74) is 2.63. The van der Waals surface area contributed by atoms with Crippen molar-refractivity contribution in [1.82, 2.24) is 15.0 Å². The van der Waals surface area contributed by atoms with Gasteiger partial charge in [0.1, 0.15) is 11.4 Å². The Balaban J connectivity index is 2.36. The van der Waals surface area contributed by atoms with Crippen molar-refractivity contribution in [2.45, 2.75) is 39.7 Å². The average Bonchev–Trinajstić information content (AvgIpc) is 2.77. The van der Waals surface area contributed by atoms with Crippen LogP contribution in [0.2, 0.25) is 0 Å². The number of hydrogen-bond acceptors (Lipinski definition) is 3. The van der Waals surface area contributed by atoms with E-state index < -0.39 is 0 Å². The monoisotopic (exact) mass is 245 g/mol. The zero-order chi connectivity index (χ0) is 13.3. The third-order valence-corrected chi connectivity index (χ3v) is 2.99. The lowest BCUT2D eigenvalue weighted by Crippen LogP contribution is -2.00. The number of hydrogen-bond donors (Lipinski definition) is 1. The predicted molar refractivity (Wildman–Crippen MR) is 71.6 cm³/mol. The van der Waals surface area contributed by atoms with Gasteiger partial charge in [0, 0.05) is 11.6 Å². The molecule has 2 rings (SSSR count). The summed E-state index contributed by atoms with van der Waals surface area (Å²) in [4.78, 5) is 0. The molecular formula is C14H19N3O. The van der Waals surface area contributed by atoms with Gasteiger partial charge in [0.15, 0.2) is 0 Å². The van der Waals surface area contributed by atoms with Gasteiger partial charge in [-0.25, -0.2) is 4.68 Å². The van der Waals surface area contributed by atoms with E-state index in [-0.39, 0.29) is 6.04 Å². The van der Waals surface area contributed by atoms with Crippen LogP contribution in [-0.2, 0) is 0 Å². The van der Waals surface area contributed by atoms with Crippen molar-refractivity contribution in [3.8, 4) is 17.0 Å². The van der Waals surface area contributed by atoms with E-state index in [9.17, 15) is 5.11 Å². The van der Waals surface area contributed by atoms with E-state index >= 15 is 0 Å². The molecule has 0 aliphatic rings. The summed E-state index contributed by atoms with van der Waals surface area (Å²) < 4.78 is 1.81. The summed E-state index contributed by atoms with van der Waals surface area (Å²) in [6.45, 7) is 8.23. The van der Waals surface area contributed by atoms with Crippen molar-refractivity contribution in [1.29, 1.82) is 0 Å². The van der Waals surface area contributed by atoms with Crippen LogP contribution >= 0.6 is 0 Å². The molecule has 1 heterocycles. The Hall–Kier alpha value is -1.84. The van der Waals surface area contributed by atoms with Crippen molar-refractivity contribution in [3.63, 3.8) is 0 Å². The van der Waals surface area contributed by atoms with Crippen LogP contribution in [0, 0.1) is 0 Å². The Morgan fingerprint density at radius 3 is 2.39 bits per heavy atom. The first kappa shape index (κ1) is 12.6. The molecule has 1 N–H and O–H groups in total. The van der Waals surface area contributed by atoms with Crippen molar-refractivity contribution >= 4 is 0 Å².